The molecule has 0 spiro atoms. The molecule has 0 bridgehead atoms. The molecule has 2 aliphatic heterocycles. The Morgan fingerprint density at radius 1 is 1.25 bits per heavy atom. The van der Waals surface area contributed by atoms with Gasteiger partial charge in [0.1, 0.15) is 5.52 Å². The second-order valence-corrected chi connectivity index (χ2v) is 7.91. The highest BCUT2D eigenvalue weighted by Crippen LogP contribution is 2.29. The zero-order valence-corrected chi connectivity index (χ0v) is 17.8. The zero-order chi connectivity index (χ0) is 21.9. The van der Waals surface area contributed by atoms with Crippen LogP contribution in [0.5, 0.6) is 0 Å². The number of furan rings is 1. The minimum Gasteiger partial charge on any atom is -0.445 e. The smallest absolute Gasteiger partial charge is 0.287 e. The molecule has 1 aromatic carbocycles. The fraction of sp³-hybridized carbons (Fsp3) is 0.364. The van der Waals surface area contributed by atoms with Crippen LogP contribution in [0.1, 0.15) is 21.7 Å². The lowest BCUT2D eigenvalue weighted by atomic mass is 10.2. The topological polar surface area (TPSA) is 117 Å². The first-order valence-corrected chi connectivity index (χ1v) is 10.7. The van der Waals surface area contributed by atoms with E-state index >= 15 is 0 Å². The van der Waals surface area contributed by atoms with E-state index in [2.05, 4.69) is 36.0 Å². The molecule has 0 radical (unpaired) electrons. The van der Waals surface area contributed by atoms with Gasteiger partial charge in [-0.25, -0.2) is 10.4 Å². The number of aromatic nitrogens is 2. The van der Waals surface area contributed by atoms with Gasteiger partial charge in [0.25, 0.3) is 5.91 Å². The van der Waals surface area contributed by atoms with Crippen LogP contribution in [0, 0.1) is 6.92 Å². The highest BCUT2D eigenvalue weighted by Gasteiger charge is 2.25. The quantitative estimate of drug-likeness (QED) is 0.394. The molecule has 2 aliphatic rings. The summed E-state index contributed by atoms with van der Waals surface area (Å²) < 4.78 is 11.4. The van der Waals surface area contributed by atoms with Gasteiger partial charge >= 0.3 is 0 Å². The lowest BCUT2D eigenvalue weighted by Crippen LogP contribution is -2.56. The lowest BCUT2D eigenvalue weighted by Gasteiger charge is -2.28. The molecule has 1 amide bonds. The molecule has 2 fully saturated rings. The fourth-order valence-corrected chi connectivity index (χ4v) is 3.63. The van der Waals surface area contributed by atoms with Gasteiger partial charge in [0, 0.05) is 32.2 Å². The Balaban J connectivity index is 1.43. The molecular weight excluding hydrogens is 410 g/mol. The first-order chi connectivity index (χ1) is 15.7. The van der Waals surface area contributed by atoms with Crippen molar-refractivity contribution in [3.8, 4) is 0 Å². The number of anilines is 2. The number of morpholine rings is 1. The van der Waals surface area contributed by atoms with E-state index in [9.17, 15) is 4.79 Å². The van der Waals surface area contributed by atoms with Gasteiger partial charge in [-0.05, 0) is 12.5 Å². The number of fused-ring (bicyclic) bond motifs is 1. The maximum atomic E-state index is 12.6. The Hall–Kier alpha value is -3.50. The molecule has 166 valence electrons. The highest BCUT2D eigenvalue weighted by atomic mass is 16.5. The van der Waals surface area contributed by atoms with Gasteiger partial charge in [0.15, 0.2) is 17.2 Å². The number of hydrazone groups is 1. The van der Waals surface area contributed by atoms with Crippen molar-refractivity contribution in [1.82, 2.24) is 20.6 Å². The van der Waals surface area contributed by atoms with Crippen LogP contribution in [0.4, 0.5) is 11.8 Å². The van der Waals surface area contributed by atoms with Crippen molar-refractivity contribution in [1.29, 1.82) is 0 Å². The molecule has 2 saturated heterocycles. The number of aryl methyl sites for hydroxylation is 1. The van der Waals surface area contributed by atoms with Gasteiger partial charge in [-0.15, -0.1) is 0 Å². The predicted octanol–water partition coefficient (Wildman–Crippen LogP) is 1.52. The van der Waals surface area contributed by atoms with E-state index in [4.69, 9.17) is 9.15 Å². The van der Waals surface area contributed by atoms with E-state index in [1.165, 1.54) is 0 Å². The van der Waals surface area contributed by atoms with Crippen molar-refractivity contribution < 1.29 is 13.9 Å². The summed E-state index contributed by atoms with van der Waals surface area (Å²) in [4.78, 5) is 23.8. The summed E-state index contributed by atoms with van der Waals surface area (Å²) in [5.74, 6) is 0.917. The molecule has 3 N–H and O–H groups in total. The molecule has 0 aliphatic carbocycles. The number of hydrogen-bond donors (Lipinski definition) is 3. The number of benzene rings is 1. The van der Waals surface area contributed by atoms with Gasteiger partial charge in [-0.2, -0.15) is 10.1 Å². The molecule has 32 heavy (non-hydrogen) atoms. The van der Waals surface area contributed by atoms with Crippen LogP contribution in [-0.4, -0.2) is 67.5 Å². The number of carbonyl (C=O) groups is 1. The number of hydrogen-bond acceptors (Lipinski definition) is 9. The summed E-state index contributed by atoms with van der Waals surface area (Å²) in [7, 11) is 0. The summed E-state index contributed by atoms with van der Waals surface area (Å²) in [5.41, 5.74) is 6.07. The van der Waals surface area contributed by atoms with Crippen molar-refractivity contribution in [2.75, 3.05) is 49.7 Å². The van der Waals surface area contributed by atoms with Gasteiger partial charge in [0.2, 0.25) is 5.95 Å². The summed E-state index contributed by atoms with van der Waals surface area (Å²) in [6.45, 7) is 6.10. The van der Waals surface area contributed by atoms with Crippen LogP contribution >= 0.6 is 0 Å². The Labute approximate surface area is 185 Å². The van der Waals surface area contributed by atoms with Gasteiger partial charge in [0.05, 0.1) is 25.5 Å². The number of ether oxygens (including phenoxy) is 1. The van der Waals surface area contributed by atoms with Gasteiger partial charge < -0.3 is 24.7 Å². The number of nitrogens with zero attached hydrogens (tertiary/aromatic N) is 4. The van der Waals surface area contributed by atoms with Crippen molar-refractivity contribution in [2.24, 2.45) is 5.10 Å². The van der Waals surface area contributed by atoms with Gasteiger partial charge in [-0.1, -0.05) is 29.8 Å². The number of amides is 1. The summed E-state index contributed by atoms with van der Waals surface area (Å²) >= 11 is 0. The third kappa shape index (κ3) is 4.41. The van der Waals surface area contributed by atoms with Crippen LogP contribution in [0.3, 0.4) is 0 Å². The summed E-state index contributed by atoms with van der Waals surface area (Å²) in [6, 6.07) is 9.79. The molecule has 0 atom stereocenters. The maximum Gasteiger partial charge on any atom is 0.287 e. The minimum absolute atomic E-state index is 0.119. The number of nitrogens with one attached hydrogen (secondary N) is 3. The van der Waals surface area contributed by atoms with Crippen LogP contribution in [0.15, 0.2) is 39.9 Å². The van der Waals surface area contributed by atoms with E-state index in [0.717, 1.165) is 24.2 Å². The van der Waals surface area contributed by atoms with Crippen LogP contribution in [-0.2, 0) is 4.74 Å². The molecule has 10 nitrogen and oxygen atoms in total. The Morgan fingerprint density at radius 2 is 2.09 bits per heavy atom. The van der Waals surface area contributed by atoms with Crippen LogP contribution in [0.2, 0.25) is 0 Å². The molecule has 5 rings (SSSR count). The van der Waals surface area contributed by atoms with Crippen molar-refractivity contribution in [3.63, 3.8) is 0 Å². The monoisotopic (exact) mass is 435 g/mol. The maximum absolute atomic E-state index is 12.6. The molecule has 4 heterocycles. The molecule has 0 unspecified atom stereocenters. The largest absolute Gasteiger partial charge is 0.445 e. The third-order valence-corrected chi connectivity index (χ3v) is 5.43. The fourth-order valence-electron chi connectivity index (χ4n) is 3.63. The third-order valence-electron chi connectivity index (χ3n) is 5.43. The molecular formula is C22H25N7O3. The normalized spacial score (nSPS) is 17.0. The first kappa shape index (κ1) is 20.4. The Kier molecular flexibility index (Phi) is 5.70. The molecule has 3 aromatic rings. The lowest BCUT2D eigenvalue weighted by molar-refractivity contribution is 0.0897. The standard InChI is InChI=1S/C22H25N7O3/c1-14-3-2-4-15(9-14)11-24-28-22-26-17-10-18(21(30)25-16-12-23-13-16)32-19(17)20(27-22)29-5-7-31-8-6-29/h2-4,9-11,16,23H,5-8,12-13H2,1H3,(H,25,30)(H,26,27,28)/b24-11+. The highest BCUT2D eigenvalue weighted by molar-refractivity contribution is 5.97. The van der Waals surface area contributed by atoms with Crippen LogP contribution in [0.25, 0.3) is 11.1 Å². The average molecular weight is 435 g/mol. The van der Waals surface area contributed by atoms with Crippen molar-refractivity contribution in [3.05, 3.63) is 47.2 Å². The Bertz CT molecular complexity index is 1150. The van der Waals surface area contributed by atoms with Crippen LogP contribution < -0.4 is 21.0 Å². The van der Waals surface area contributed by atoms with Crippen molar-refractivity contribution >= 4 is 35.0 Å². The zero-order valence-electron chi connectivity index (χ0n) is 17.8. The molecule has 0 saturated carbocycles. The minimum atomic E-state index is -0.255. The van der Waals surface area contributed by atoms with E-state index < -0.39 is 0 Å². The summed E-state index contributed by atoms with van der Waals surface area (Å²) in [5, 5.41) is 10.4. The van der Waals surface area contributed by atoms with E-state index in [1.807, 2.05) is 31.2 Å². The predicted molar refractivity (Wildman–Crippen MR) is 121 cm³/mol. The number of rotatable bonds is 6. The summed E-state index contributed by atoms with van der Waals surface area (Å²) in [6.07, 6.45) is 1.72. The van der Waals surface area contributed by atoms with Gasteiger partial charge in [-0.3, -0.25) is 4.79 Å². The second-order valence-electron chi connectivity index (χ2n) is 7.91. The average Bonchev–Trinajstić information content (AvgIpc) is 3.21. The molecule has 2 aromatic heterocycles. The van der Waals surface area contributed by atoms with E-state index in [-0.39, 0.29) is 17.7 Å². The van der Waals surface area contributed by atoms with E-state index in [1.54, 1.807) is 12.3 Å². The first-order valence-electron chi connectivity index (χ1n) is 10.7. The second kappa shape index (κ2) is 8.93. The van der Waals surface area contributed by atoms with E-state index in [0.29, 0.717) is 49.2 Å². The molecule has 10 heteroatoms. The SMILES string of the molecule is Cc1cccc(/C=N/Nc2nc(N3CCOCC3)c3oc(C(=O)NC4CNC4)cc3n2)c1. The number of carbonyl (C=O) groups excluding carboxylic acids is 1. The Morgan fingerprint density at radius 3 is 2.84 bits per heavy atom. The van der Waals surface area contributed by atoms with Crippen molar-refractivity contribution in [2.45, 2.75) is 13.0 Å².